The number of piperidine rings is 1. The first kappa shape index (κ1) is 13.5. The third-order valence-corrected chi connectivity index (χ3v) is 3.77. The lowest BCUT2D eigenvalue weighted by Crippen LogP contribution is -2.48. The summed E-state index contributed by atoms with van der Waals surface area (Å²) in [5.41, 5.74) is 0.873. The molecule has 0 bridgehead atoms. The van der Waals surface area contributed by atoms with E-state index < -0.39 is 23.7 Å². The first-order valence-electron chi connectivity index (χ1n) is 6.74. The molecule has 21 heavy (non-hydrogen) atoms. The Labute approximate surface area is 119 Å². The Hall–Kier alpha value is -2.44. The highest BCUT2D eigenvalue weighted by atomic mass is 19.1. The van der Waals surface area contributed by atoms with Crippen molar-refractivity contribution in [2.24, 2.45) is 0 Å². The molecule has 1 aliphatic heterocycles. The van der Waals surface area contributed by atoms with Crippen molar-refractivity contribution in [1.82, 2.24) is 14.9 Å². The summed E-state index contributed by atoms with van der Waals surface area (Å²) < 4.78 is 13.6. The molecular formula is C14H14FN3O3. The Morgan fingerprint density at radius 3 is 2.95 bits per heavy atom. The molecule has 0 unspecified atom stereocenters. The number of likely N-dealkylation sites (tertiary alicyclic amines) is 1. The van der Waals surface area contributed by atoms with Crippen LogP contribution in [0, 0.1) is 5.82 Å². The average Bonchev–Trinajstić information content (AvgIpc) is 2.93. The maximum Gasteiger partial charge on any atom is 0.326 e. The van der Waals surface area contributed by atoms with E-state index in [1.54, 1.807) is 0 Å². The number of carbonyl (C=O) groups is 2. The molecule has 2 N–H and O–H groups in total. The summed E-state index contributed by atoms with van der Waals surface area (Å²) in [5, 5.41) is 9.24. The van der Waals surface area contributed by atoms with E-state index in [1.165, 1.54) is 17.3 Å². The molecule has 1 aromatic carbocycles. The predicted molar refractivity (Wildman–Crippen MR) is 72.4 cm³/mol. The van der Waals surface area contributed by atoms with Crippen LogP contribution in [-0.2, 0) is 4.79 Å². The van der Waals surface area contributed by atoms with Gasteiger partial charge in [-0.15, -0.1) is 0 Å². The van der Waals surface area contributed by atoms with Gasteiger partial charge in [0.05, 0.1) is 17.4 Å². The van der Waals surface area contributed by atoms with E-state index in [1.807, 2.05) is 0 Å². The number of amides is 1. The van der Waals surface area contributed by atoms with Gasteiger partial charge in [0.1, 0.15) is 17.4 Å². The first-order chi connectivity index (χ1) is 10.1. The summed E-state index contributed by atoms with van der Waals surface area (Å²) in [4.78, 5) is 32.0. The van der Waals surface area contributed by atoms with Crippen molar-refractivity contribution in [2.45, 2.75) is 25.3 Å². The summed E-state index contributed by atoms with van der Waals surface area (Å²) in [6, 6.07) is 1.51. The molecule has 0 radical (unpaired) electrons. The number of aromatic nitrogens is 2. The topological polar surface area (TPSA) is 86.3 Å². The van der Waals surface area contributed by atoms with Gasteiger partial charge in [0.2, 0.25) is 0 Å². The van der Waals surface area contributed by atoms with Crippen LogP contribution in [0.2, 0.25) is 0 Å². The van der Waals surface area contributed by atoms with Crippen LogP contribution in [-0.4, -0.2) is 44.4 Å². The predicted octanol–water partition coefficient (Wildman–Crippen LogP) is 1.78. The third-order valence-electron chi connectivity index (χ3n) is 3.77. The molecule has 7 heteroatoms. The Morgan fingerprint density at radius 1 is 1.38 bits per heavy atom. The van der Waals surface area contributed by atoms with Crippen LogP contribution < -0.4 is 0 Å². The molecule has 0 saturated carbocycles. The largest absolute Gasteiger partial charge is 0.480 e. The molecule has 2 heterocycles. The van der Waals surface area contributed by atoms with Crippen LogP contribution in [0.3, 0.4) is 0 Å². The van der Waals surface area contributed by atoms with E-state index in [2.05, 4.69) is 9.97 Å². The molecule has 1 aromatic heterocycles. The molecule has 0 spiro atoms. The van der Waals surface area contributed by atoms with Crippen molar-refractivity contribution in [3.63, 3.8) is 0 Å². The molecule has 1 aliphatic rings. The summed E-state index contributed by atoms with van der Waals surface area (Å²) in [5.74, 6) is -2.07. The van der Waals surface area contributed by atoms with Gasteiger partial charge in [0.25, 0.3) is 5.91 Å². The summed E-state index contributed by atoms with van der Waals surface area (Å²) in [6.45, 7) is 0.359. The molecule has 1 saturated heterocycles. The fourth-order valence-corrected chi connectivity index (χ4v) is 2.76. The summed E-state index contributed by atoms with van der Waals surface area (Å²) in [7, 11) is 0. The van der Waals surface area contributed by atoms with Gasteiger partial charge >= 0.3 is 5.97 Å². The number of benzene rings is 1. The van der Waals surface area contributed by atoms with Gasteiger partial charge in [0.15, 0.2) is 0 Å². The maximum atomic E-state index is 13.6. The molecule has 2 aromatic rings. The highest BCUT2D eigenvalue weighted by Crippen LogP contribution is 2.24. The van der Waals surface area contributed by atoms with Crippen LogP contribution in [0.1, 0.15) is 29.6 Å². The second kappa shape index (κ2) is 5.16. The van der Waals surface area contributed by atoms with Gasteiger partial charge in [-0.25, -0.2) is 14.2 Å². The number of aliphatic carboxylic acids is 1. The lowest BCUT2D eigenvalue weighted by atomic mass is 10.0. The summed E-state index contributed by atoms with van der Waals surface area (Å²) >= 11 is 0. The maximum absolute atomic E-state index is 13.6. The molecule has 1 atom stereocenters. The number of hydrogen-bond acceptors (Lipinski definition) is 3. The number of fused-ring (bicyclic) bond motifs is 1. The minimum Gasteiger partial charge on any atom is -0.480 e. The number of nitrogens with zero attached hydrogens (tertiary/aromatic N) is 2. The molecule has 1 amide bonds. The molecular weight excluding hydrogens is 277 g/mol. The molecule has 0 aliphatic carbocycles. The van der Waals surface area contributed by atoms with E-state index in [0.717, 1.165) is 18.9 Å². The van der Waals surface area contributed by atoms with Gasteiger partial charge in [-0.1, -0.05) is 0 Å². The Bertz CT molecular complexity index is 713. The number of aromatic amines is 1. The zero-order valence-corrected chi connectivity index (χ0v) is 11.2. The van der Waals surface area contributed by atoms with Crippen molar-refractivity contribution >= 4 is 22.9 Å². The number of carboxylic acids is 1. The second-order valence-corrected chi connectivity index (χ2v) is 5.10. The van der Waals surface area contributed by atoms with E-state index >= 15 is 0 Å². The van der Waals surface area contributed by atoms with E-state index in [-0.39, 0.29) is 5.56 Å². The van der Waals surface area contributed by atoms with Crippen LogP contribution >= 0.6 is 0 Å². The number of carbonyl (C=O) groups excluding carboxylic acids is 1. The second-order valence-electron chi connectivity index (χ2n) is 5.10. The minimum atomic E-state index is -1.03. The Morgan fingerprint density at radius 2 is 2.19 bits per heavy atom. The van der Waals surface area contributed by atoms with Crippen molar-refractivity contribution in [1.29, 1.82) is 0 Å². The first-order valence-corrected chi connectivity index (χ1v) is 6.74. The SMILES string of the molecule is O=C(O)[C@@H]1CCCCN1C(=O)c1cc(F)cc2[nH]cnc12. The van der Waals surface area contributed by atoms with Crippen LogP contribution in [0.25, 0.3) is 11.0 Å². The van der Waals surface area contributed by atoms with Crippen molar-refractivity contribution in [3.8, 4) is 0 Å². The van der Waals surface area contributed by atoms with E-state index in [9.17, 15) is 19.1 Å². The average molecular weight is 291 g/mol. The molecule has 3 rings (SSSR count). The number of rotatable bonds is 2. The molecule has 110 valence electrons. The van der Waals surface area contributed by atoms with Gasteiger partial charge in [-0.2, -0.15) is 0 Å². The number of hydrogen-bond donors (Lipinski definition) is 2. The van der Waals surface area contributed by atoms with Gasteiger partial charge in [-0.05, 0) is 31.4 Å². The van der Waals surface area contributed by atoms with Crippen molar-refractivity contribution in [3.05, 3.63) is 29.8 Å². The van der Waals surface area contributed by atoms with Crippen LogP contribution in [0.15, 0.2) is 18.5 Å². The van der Waals surface area contributed by atoms with Crippen LogP contribution in [0.5, 0.6) is 0 Å². The van der Waals surface area contributed by atoms with Crippen LogP contribution in [0.4, 0.5) is 4.39 Å². The Kier molecular flexibility index (Phi) is 3.32. The zero-order valence-electron chi connectivity index (χ0n) is 11.2. The van der Waals surface area contributed by atoms with E-state index in [4.69, 9.17) is 0 Å². The number of halogens is 1. The Balaban J connectivity index is 2.03. The summed E-state index contributed by atoms with van der Waals surface area (Å²) in [6.07, 6.45) is 3.31. The van der Waals surface area contributed by atoms with Gasteiger partial charge < -0.3 is 15.0 Å². The smallest absolute Gasteiger partial charge is 0.326 e. The lowest BCUT2D eigenvalue weighted by molar-refractivity contribution is -0.143. The highest BCUT2D eigenvalue weighted by molar-refractivity contribution is 6.06. The monoisotopic (exact) mass is 291 g/mol. The van der Waals surface area contributed by atoms with Crippen molar-refractivity contribution in [2.75, 3.05) is 6.54 Å². The van der Waals surface area contributed by atoms with Crippen molar-refractivity contribution < 1.29 is 19.1 Å². The zero-order chi connectivity index (χ0) is 15.0. The fourth-order valence-electron chi connectivity index (χ4n) is 2.76. The molecule has 1 fully saturated rings. The minimum absolute atomic E-state index is 0.0967. The quantitative estimate of drug-likeness (QED) is 0.883. The number of nitrogens with one attached hydrogen (secondary N) is 1. The fraction of sp³-hybridized carbons (Fsp3) is 0.357. The standard InChI is InChI=1S/C14H14FN3O3/c15-8-5-9(12-10(6-8)16-7-17-12)13(19)18-4-2-1-3-11(18)14(20)21/h5-7,11H,1-4H2,(H,16,17)(H,20,21)/t11-/m0/s1. The van der Waals surface area contributed by atoms with E-state index in [0.29, 0.717) is 24.0 Å². The number of carboxylic acid groups (broad SMARTS) is 1. The third kappa shape index (κ3) is 2.35. The van der Waals surface area contributed by atoms with Gasteiger partial charge in [-0.3, -0.25) is 4.79 Å². The number of H-pyrrole nitrogens is 1. The lowest BCUT2D eigenvalue weighted by Gasteiger charge is -2.33. The number of imidazole rings is 1. The normalized spacial score (nSPS) is 18.9. The highest BCUT2D eigenvalue weighted by Gasteiger charge is 2.33. The molecule has 6 nitrogen and oxygen atoms in total. The van der Waals surface area contributed by atoms with Gasteiger partial charge in [0, 0.05) is 6.54 Å².